The predicted octanol–water partition coefficient (Wildman–Crippen LogP) is 1.83. The van der Waals surface area contributed by atoms with Crippen LogP contribution in [-0.4, -0.2) is 9.97 Å². The van der Waals surface area contributed by atoms with Crippen LogP contribution < -0.4 is 16.0 Å². The number of nitrogens with two attached hydrogens (primary N) is 1. The van der Waals surface area contributed by atoms with Crippen LogP contribution in [0.3, 0.4) is 0 Å². The summed E-state index contributed by atoms with van der Waals surface area (Å²) >= 11 is 0. The molecule has 88 valence electrons. The van der Waals surface area contributed by atoms with Gasteiger partial charge in [0.05, 0.1) is 0 Å². The first-order chi connectivity index (χ1) is 8.19. The maximum Gasteiger partial charge on any atom is 0.240 e. The highest BCUT2D eigenvalue weighted by Gasteiger charge is 2.05. The van der Waals surface area contributed by atoms with E-state index in [9.17, 15) is 8.78 Å². The minimum atomic E-state index is -0.992. The van der Waals surface area contributed by atoms with E-state index < -0.39 is 11.6 Å². The van der Waals surface area contributed by atoms with Gasteiger partial charge in [0, 0.05) is 18.3 Å². The number of benzene rings is 1. The molecule has 5 nitrogen and oxygen atoms in total. The molecule has 2 aromatic rings. The lowest BCUT2D eigenvalue weighted by molar-refractivity contribution is 0.447. The van der Waals surface area contributed by atoms with Crippen molar-refractivity contribution in [2.45, 2.75) is 0 Å². The van der Waals surface area contributed by atoms with Gasteiger partial charge in [-0.3, -0.25) is 5.43 Å². The molecule has 0 atom stereocenters. The Balaban J connectivity index is 2.22. The lowest BCUT2D eigenvalue weighted by Crippen LogP contribution is -2.10. The first-order valence-corrected chi connectivity index (χ1v) is 4.61. The molecule has 0 saturated carbocycles. The fourth-order valence-corrected chi connectivity index (χ4v) is 1.13. The van der Waals surface area contributed by atoms with E-state index in [2.05, 4.69) is 15.4 Å². The third-order valence-corrected chi connectivity index (χ3v) is 1.87. The van der Waals surface area contributed by atoms with Crippen LogP contribution in [0.4, 0.5) is 14.7 Å². The first kappa shape index (κ1) is 11.2. The van der Waals surface area contributed by atoms with Crippen molar-refractivity contribution in [3.63, 3.8) is 0 Å². The quantitative estimate of drug-likeness (QED) is 0.630. The fraction of sp³-hybridized carbons (Fsp3) is 0. The van der Waals surface area contributed by atoms with Crippen molar-refractivity contribution in [1.29, 1.82) is 0 Å². The Hall–Kier alpha value is -2.28. The highest BCUT2D eigenvalue weighted by atomic mass is 19.2. The molecule has 0 fully saturated rings. The average molecular weight is 238 g/mol. The molecule has 3 N–H and O–H groups in total. The Kier molecular flexibility index (Phi) is 3.10. The maximum atomic E-state index is 12.9. The van der Waals surface area contributed by atoms with Crippen molar-refractivity contribution in [2.24, 2.45) is 5.84 Å². The van der Waals surface area contributed by atoms with E-state index in [0.717, 1.165) is 12.1 Å². The standard InChI is InChI=1S/C10H8F2N4O/c11-7-2-1-6(5-8(7)12)17-9-3-4-14-10(15-9)16-13/h1-5H,13H2,(H,14,15,16). The van der Waals surface area contributed by atoms with Gasteiger partial charge in [-0.2, -0.15) is 4.98 Å². The van der Waals surface area contributed by atoms with Crippen molar-refractivity contribution >= 4 is 5.95 Å². The van der Waals surface area contributed by atoms with Crippen LogP contribution in [0.25, 0.3) is 0 Å². The van der Waals surface area contributed by atoms with E-state index in [1.54, 1.807) is 0 Å². The number of rotatable bonds is 3. The molecule has 0 radical (unpaired) electrons. The Bertz CT molecular complexity index is 535. The summed E-state index contributed by atoms with van der Waals surface area (Å²) in [5.74, 6) is 3.64. The van der Waals surface area contributed by atoms with E-state index in [1.165, 1.54) is 18.3 Å². The molecule has 0 amide bonds. The summed E-state index contributed by atoms with van der Waals surface area (Å²) in [6.07, 6.45) is 1.41. The molecule has 0 aliphatic rings. The van der Waals surface area contributed by atoms with Gasteiger partial charge in [0.2, 0.25) is 11.8 Å². The second-order valence-corrected chi connectivity index (χ2v) is 3.04. The van der Waals surface area contributed by atoms with Gasteiger partial charge in [-0.25, -0.2) is 19.6 Å². The summed E-state index contributed by atoms with van der Waals surface area (Å²) in [5, 5.41) is 0. The van der Waals surface area contributed by atoms with Crippen LogP contribution in [0.2, 0.25) is 0 Å². The van der Waals surface area contributed by atoms with Gasteiger partial charge in [0.25, 0.3) is 0 Å². The number of hydrazine groups is 1. The van der Waals surface area contributed by atoms with Gasteiger partial charge in [0.15, 0.2) is 11.6 Å². The van der Waals surface area contributed by atoms with Crippen LogP contribution in [-0.2, 0) is 0 Å². The lowest BCUT2D eigenvalue weighted by Gasteiger charge is -2.05. The summed E-state index contributed by atoms with van der Waals surface area (Å²) in [7, 11) is 0. The van der Waals surface area contributed by atoms with Crippen molar-refractivity contribution < 1.29 is 13.5 Å². The van der Waals surface area contributed by atoms with Gasteiger partial charge in [-0.1, -0.05) is 0 Å². The van der Waals surface area contributed by atoms with Crippen LogP contribution in [0.1, 0.15) is 0 Å². The molecular weight excluding hydrogens is 230 g/mol. The monoisotopic (exact) mass is 238 g/mol. The molecule has 7 heteroatoms. The van der Waals surface area contributed by atoms with Gasteiger partial charge in [0.1, 0.15) is 5.75 Å². The van der Waals surface area contributed by atoms with Crippen LogP contribution >= 0.6 is 0 Å². The highest BCUT2D eigenvalue weighted by molar-refractivity contribution is 5.31. The molecule has 0 aliphatic heterocycles. The van der Waals surface area contributed by atoms with Crippen molar-refractivity contribution in [3.8, 4) is 11.6 Å². The molecule has 0 saturated heterocycles. The summed E-state index contributed by atoms with van der Waals surface area (Å²) in [5.41, 5.74) is 2.24. The molecule has 0 bridgehead atoms. The van der Waals surface area contributed by atoms with E-state index in [0.29, 0.717) is 0 Å². The summed E-state index contributed by atoms with van der Waals surface area (Å²) in [6.45, 7) is 0. The van der Waals surface area contributed by atoms with Crippen molar-refractivity contribution in [2.75, 3.05) is 5.43 Å². The van der Waals surface area contributed by atoms with Gasteiger partial charge >= 0.3 is 0 Å². The normalized spacial score (nSPS) is 10.1. The van der Waals surface area contributed by atoms with Crippen LogP contribution in [0, 0.1) is 11.6 Å². The molecule has 1 aromatic carbocycles. The van der Waals surface area contributed by atoms with Crippen molar-refractivity contribution in [3.05, 3.63) is 42.1 Å². The Morgan fingerprint density at radius 1 is 1.18 bits per heavy atom. The number of ether oxygens (including phenoxy) is 1. The third kappa shape index (κ3) is 2.64. The summed E-state index contributed by atoms with van der Waals surface area (Å²) in [6, 6.07) is 4.64. The first-order valence-electron chi connectivity index (χ1n) is 4.61. The zero-order valence-corrected chi connectivity index (χ0v) is 8.52. The van der Waals surface area contributed by atoms with Gasteiger partial charge in [-0.15, -0.1) is 0 Å². The van der Waals surface area contributed by atoms with Gasteiger partial charge in [-0.05, 0) is 12.1 Å². The molecule has 0 unspecified atom stereocenters. The maximum absolute atomic E-state index is 12.9. The molecule has 0 aliphatic carbocycles. The smallest absolute Gasteiger partial charge is 0.240 e. The summed E-state index contributed by atoms with van der Waals surface area (Å²) < 4.78 is 30.8. The minimum Gasteiger partial charge on any atom is -0.439 e. The molecule has 17 heavy (non-hydrogen) atoms. The number of nitrogens with one attached hydrogen (secondary N) is 1. The number of anilines is 1. The Morgan fingerprint density at radius 3 is 2.71 bits per heavy atom. The van der Waals surface area contributed by atoms with E-state index >= 15 is 0 Å². The average Bonchev–Trinajstić information content (AvgIpc) is 2.34. The Morgan fingerprint density at radius 2 is 2.00 bits per heavy atom. The summed E-state index contributed by atoms with van der Waals surface area (Å²) in [4.78, 5) is 7.62. The molecular formula is C10H8F2N4O. The van der Waals surface area contributed by atoms with Crippen molar-refractivity contribution in [1.82, 2.24) is 9.97 Å². The third-order valence-electron chi connectivity index (χ3n) is 1.87. The second-order valence-electron chi connectivity index (χ2n) is 3.04. The highest BCUT2D eigenvalue weighted by Crippen LogP contribution is 2.21. The molecule has 0 spiro atoms. The lowest BCUT2D eigenvalue weighted by atomic mass is 10.3. The number of hydrogen-bond acceptors (Lipinski definition) is 5. The van der Waals surface area contributed by atoms with Crippen LogP contribution in [0.15, 0.2) is 30.5 Å². The topological polar surface area (TPSA) is 73.1 Å². The van der Waals surface area contributed by atoms with Gasteiger partial charge < -0.3 is 4.74 Å². The molecule has 1 aromatic heterocycles. The van der Waals surface area contributed by atoms with E-state index in [1.807, 2.05) is 0 Å². The largest absolute Gasteiger partial charge is 0.439 e. The Labute approximate surface area is 95.2 Å². The fourth-order valence-electron chi connectivity index (χ4n) is 1.13. The molecule has 1 heterocycles. The number of aromatic nitrogens is 2. The number of nitrogen functional groups attached to an aromatic ring is 1. The zero-order chi connectivity index (χ0) is 12.3. The number of halogens is 2. The number of nitrogens with zero attached hydrogens (tertiary/aromatic N) is 2. The SMILES string of the molecule is NNc1nccc(Oc2ccc(F)c(F)c2)n1. The zero-order valence-electron chi connectivity index (χ0n) is 8.52. The minimum absolute atomic E-state index is 0.130. The predicted molar refractivity (Wildman–Crippen MR) is 56.3 cm³/mol. The second kappa shape index (κ2) is 4.71. The molecule has 2 rings (SSSR count). The van der Waals surface area contributed by atoms with E-state index in [-0.39, 0.29) is 17.6 Å². The van der Waals surface area contributed by atoms with E-state index in [4.69, 9.17) is 10.6 Å². The number of hydrogen-bond donors (Lipinski definition) is 2. The van der Waals surface area contributed by atoms with Crippen LogP contribution in [0.5, 0.6) is 11.6 Å².